The van der Waals surface area contributed by atoms with E-state index in [4.69, 9.17) is 9.47 Å². The van der Waals surface area contributed by atoms with E-state index in [1.165, 1.54) is 0 Å². The van der Waals surface area contributed by atoms with Crippen LogP contribution in [0.25, 0.3) is 0 Å². The Bertz CT molecular complexity index is 256. The van der Waals surface area contributed by atoms with Crippen LogP contribution in [-0.2, 0) is 14.3 Å². The molecule has 1 N–H and O–H groups in total. The molecule has 1 aliphatic rings. The van der Waals surface area contributed by atoms with Crippen molar-refractivity contribution in [1.82, 2.24) is 0 Å². The molecular formula is C12H22O4. The highest BCUT2D eigenvalue weighted by molar-refractivity contribution is 5.71. The average molecular weight is 230 g/mol. The van der Waals surface area contributed by atoms with Gasteiger partial charge < -0.3 is 14.6 Å². The van der Waals surface area contributed by atoms with Gasteiger partial charge in [0, 0.05) is 7.11 Å². The molecule has 1 heterocycles. The van der Waals surface area contributed by atoms with E-state index in [9.17, 15) is 9.90 Å². The van der Waals surface area contributed by atoms with Gasteiger partial charge in [-0.05, 0) is 18.8 Å². The van der Waals surface area contributed by atoms with Crippen molar-refractivity contribution in [2.75, 3.05) is 7.11 Å². The third-order valence-electron chi connectivity index (χ3n) is 3.30. The molecule has 4 unspecified atom stereocenters. The number of carboxylic acids is 1. The maximum Gasteiger partial charge on any atom is 0.309 e. The molecule has 4 nitrogen and oxygen atoms in total. The highest BCUT2D eigenvalue weighted by Gasteiger charge is 2.46. The molecule has 0 aromatic rings. The van der Waals surface area contributed by atoms with Crippen LogP contribution in [0.4, 0.5) is 0 Å². The Morgan fingerprint density at radius 2 is 2.06 bits per heavy atom. The van der Waals surface area contributed by atoms with E-state index < -0.39 is 11.9 Å². The molecule has 0 radical (unpaired) electrons. The van der Waals surface area contributed by atoms with Gasteiger partial charge in [0.15, 0.2) is 0 Å². The molecule has 1 aliphatic heterocycles. The number of hydrogen-bond acceptors (Lipinski definition) is 3. The molecule has 94 valence electrons. The normalized spacial score (nSPS) is 32.7. The molecule has 0 saturated carbocycles. The second kappa shape index (κ2) is 4.72. The van der Waals surface area contributed by atoms with Crippen LogP contribution in [0, 0.1) is 11.3 Å². The minimum atomic E-state index is -0.791. The Morgan fingerprint density at radius 3 is 2.44 bits per heavy atom. The van der Waals surface area contributed by atoms with E-state index in [0.29, 0.717) is 6.42 Å². The van der Waals surface area contributed by atoms with Gasteiger partial charge >= 0.3 is 5.97 Å². The molecule has 4 heteroatoms. The lowest BCUT2D eigenvalue weighted by atomic mass is 9.84. The molecule has 0 aromatic carbocycles. The smallest absolute Gasteiger partial charge is 0.309 e. The van der Waals surface area contributed by atoms with Gasteiger partial charge in [-0.25, -0.2) is 0 Å². The van der Waals surface area contributed by atoms with Gasteiger partial charge in [-0.15, -0.1) is 0 Å². The third kappa shape index (κ3) is 2.74. The number of methoxy groups -OCH3 is 1. The summed E-state index contributed by atoms with van der Waals surface area (Å²) in [6.45, 7) is 8.05. The van der Waals surface area contributed by atoms with Crippen LogP contribution >= 0.6 is 0 Å². The van der Waals surface area contributed by atoms with E-state index in [1.807, 2.05) is 6.92 Å². The lowest BCUT2D eigenvalue weighted by Crippen LogP contribution is -2.35. The Labute approximate surface area is 96.9 Å². The molecule has 0 bridgehead atoms. The van der Waals surface area contributed by atoms with Crippen molar-refractivity contribution in [1.29, 1.82) is 0 Å². The highest BCUT2D eigenvalue weighted by Crippen LogP contribution is 2.38. The minimum absolute atomic E-state index is 0.0174. The minimum Gasteiger partial charge on any atom is -0.481 e. The van der Waals surface area contributed by atoms with Crippen molar-refractivity contribution in [3.05, 3.63) is 0 Å². The predicted molar refractivity (Wildman–Crippen MR) is 60.3 cm³/mol. The van der Waals surface area contributed by atoms with Gasteiger partial charge in [0.05, 0.1) is 24.2 Å². The summed E-state index contributed by atoms with van der Waals surface area (Å²) in [5.41, 5.74) is -0.0318. The van der Waals surface area contributed by atoms with E-state index >= 15 is 0 Å². The molecule has 0 aliphatic carbocycles. The van der Waals surface area contributed by atoms with Crippen LogP contribution in [0.1, 0.15) is 34.1 Å². The fraction of sp³-hybridized carbons (Fsp3) is 0.917. The van der Waals surface area contributed by atoms with Crippen LogP contribution in [0.3, 0.4) is 0 Å². The summed E-state index contributed by atoms with van der Waals surface area (Å²) in [5.74, 6) is -1.25. The van der Waals surface area contributed by atoms with Crippen LogP contribution in [0.2, 0.25) is 0 Å². The summed E-state index contributed by atoms with van der Waals surface area (Å²) >= 11 is 0. The lowest BCUT2D eigenvalue weighted by Gasteiger charge is -2.27. The first-order valence-corrected chi connectivity index (χ1v) is 5.68. The molecule has 0 aromatic heterocycles. The lowest BCUT2D eigenvalue weighted by molar-refractivity contribution is -0.147. The summed E-state index contributed by atoms with van der Waals surface area (Å²) in [6.07, 6.45) is 0.0216. The second-order valence-electron chi connectivity index (χ2n) is 5.58. The number of aliphatic carboxylic acids is 1. The molecule has 0 spiro atoms. The van der Waals surface area contributed by atoms with E-state index in [2.05, 4.69) is 20.8 Å². The summed E-state index contributed by atoms with van der Waals surface area (Å²) in [4.78, 5) is 11.2. The summed E-state index contributed by atoms with van der Waals surface area (Å²) in [5, 5.41) is 9.18. The van der Waals surface area contributed by atoms with Gasteiger partial charge in [0.2, 0.25) is 0 Å². The van der Waals surface area contributed by atoms with E-state index in [0.717, 1.165) is 0 Å². The number of ether oxygens (including phenoxy) is 2. The maximum absolute atomic E-state index is 11.2. The van der Waals surface area contributed by atoms with Crippen molar-refractivity contribution >= 4 is 5.97 Å². The van der Waals surface area contributed by atoms with E-state index in [1.54, 1.807) is 7.11 Å². The third-order valence-corrected chi connectivity index (χ3v) is 3.30. The topological polar surface area (TPSA) is 55.8 Å². The summed E-state index contributed by atoms with van der Waals surface area (Å²) in [6, 6.07) is 0. The van der Waals surface area contributed by atoms with Crippen molar-refractivity contribution in [3.63, 3.8) is 0 Å². The molecule has 1 rings (SSSR count). The zero-order valence-corrected chi connectivity index (χ0v) is 10.7. The van der Waals surface area contributed by atoms with Crippen molar-refractivity contribution in [3.8, 4) is 0 Å². The summed E-state index contributed by atoms with van der Waals surface area (Å²) < 4.78 is 11.0. The zero-order valence-electron chi connectivity index (χ0n) is 10.7. The average Bonchev–Trinajstić information content (AvgIpc) is 2.60. The fourth-order valence-corrected chi connectivity index (χ4v) is 2.08. The number of carbonyl (C=O) groups is 1. The largest absolute Gasteiger partial charge is 0.481 e. The molecular weight excluding hydrogens is 208 g/mol. The Balaban J connectivity index is 2.80. The molecule has 1 saturated heterocycles. The fourth-order valence-electron chi connectivity index (χ4n) is 2.08. The first kappa shape index (κ1) is 13.5. The van der Waals surface area contributed by atoms with Crippen LogP contribution in [0.5, 0.6) is 0 Å². The summed E-state index contributed by atoms with van der Waals surface area (Å²) in [7, 11) is 1.58. The maximum atomic E-state index is 11.2. The Hall–Kier alpha value is -0.610. The zero-order chi connectivity index (χ0) is 12.5. The second-order valence-corrected chi connectivity index (χ2v) is 5.58. The standard InChI is InChI=1S/C12H22O4/c1-7(15-5)10-8(11(13)14)6-9(16-10)12(2,3)4/h7-10H,6H2,1-5H3,(H,13,14). The van der Waals surface area contributed by atoms with Crippen molar-refractivity contribution < 1.29 is 19.4 Å². The quantitative estimate of drug-likeness (QED) is 0.804. The van der Waals surface area contributed by atoms with Crippen molar-refractivity contribution in [2.24, 2.45) is 11.3 Å². The van der Waals surface area contributed by atoms with Gasteiger partial charge in [0.1, 0.15) is 0 Å². The first-order chi connectivity index (χ1) is 7.27. The van der Waals surface area contributed by atoms with Gasteiger partial charge in [-0.2, -0.15) is 0 Å². The van der Waals surface area contributed by atoms with Crippen molar-refractivity contribution in [2.45, 2.75) is 52.4 Å². The first-order valence-electron chi connectivity index (χ1n) is 5.68. The monoisotopic (exact) mass is 230 g/mol. The van der Waals surface area contributed by atoms with Crippen LogP contribution in [-0.4, -0.2) is 36.5 Å². The SMILES string of the molecule is COC(C)C1OC(C(C)(C)C)CC1C(=O)O. The Morgan fingerprint density at radius 1 is 1.50 bits per heavy atom. The van der Waals surface area contributed by atoms with E-state index in [-0.39, 0.29) is 23.7 Å². The molecule has 0 amide bonds. The van der Waals surface area contributed by atoms with Crippen LogP contribution < -0.4 is 0 Å². The van der Waals surface area contributed by atoms with Gasteiger partial charge in [0.25, 0.3) is 0 Å². The molecule has 4 atom stereocenters. The van der Waals surface area contributed by atoms with Crippen LogP contribution in [0.15, 0.2) is 0 Å². The molecule has 16 heavy (non-hydrogen) atoms. The number of rotatable bonds is 3. The Kier molecular flexibility index (Phi) is 3.97. The number of hydrogen-bond donors (Lipinski definition) is 1. The van der Waals surface area contributed by atoms with Gasteiger partial charge in [-0.1, -0.05) is 20.8 Å². The molecule has 1 fully saturated rings. The van der Waals surface area contributed by atoms with Gasteiger partial charge in [-0.3, -0.25) is 4.79 Å². The highest BCUT2D eigenvalue weighted by atomic mass is 16.5. The number of carboxylic acid groups (broad SMARTS) is 1. The predicted octanol–water partition coefficient (Wildman–Crippen LogP) is 1.93.